The first-order chi connectivity index (χ1) is 9.61. The Morgan fingerprint density at radius 1 is 1.15 bits per heavy atom. The van der Waals surface area contributed by atoms with Gasteiger partial charge in [-0.2, -0.15) is 0 Å². The minimum absolute atomic E-state index is 0.0891. The molecule has 2 rings (SSSR count). The number of halogens is 1. The third kappa shape index (κ3) is 3.50. The van der Waals surface area contributed by atoms with Crippen LogP contribution in [0, 0.1) is 10.5 Å². The summed E-state index contributed by atoms with van der Waals surface area (Å²) in [5.41, 5.74) is 3.44. The number of rotatable bonds is 4. The lowest BCUT2D eigenvalue weighted by Gasteiger charge is -2.13. The maximum atomic E-state index is 12.5. The number of aryl methyl sites for hydroxylation is 1. The van der Waals surface area contributed by atoms with Crippen LogP contribution in [-0.4, -0.2) is 12.5 Å². The minimum Gasteiger partial charge on any atom is -0.385 e. The van der Waals surface area contributed by atoms with E-state index >= 15 is 0 Å². The Balaban J connectivity index is 2.29. The first-order valence-corrected chi connectivity index (χ1v) is 7.60. The van der Waals surface area contributed by atoms with Crippen LogP contribution in [0.2, 0.25) is 0 Å². The molecule has 0 saturated carbocycles. The van der Waals surface area contributed by atoms with Crippen LogP contribution in [-0.2, 0) is 0 Å². The average molecular weight is 380 g/mol. The fourth-order valence-electron chi connectivity index (χ4n) is 1.94. The molecule has 2 aromatic carbocycles. The Morgan fingerprint density at radius 3 is 2.60 bits per heavy atom. The second kappa shape index (κ2) is 6.74. The van der Waals surface area contributed by atoms with Gasteiger partial charge < -0.3 is 10.6 Å². The van der Waals surface area contributed by atoms with E-state index < -0.39 is 0 Å². The maximum Gasteiger partial charge on any atom is 0.257 e. The van der Waals surface area contributed by atoms with Gasteiger partial charge in [0.25, 0.3) is 5.91 Å². The van der Waals surface area contributed by atoms with Crippen molar-refractivity contribution in [1.82, 2.24) is 0 Å². The number of carbonyl (C=O) groups is 1. The molecule has 20 heavy (non-hydrogen) atoms. The molecule has 1 amide bonds. The summed E-state index contributed by atoms with van der Waals surface area (Å²) in [6.07, 6.45) is 0. The first-order valence-electron chi connectivity index (χ1n) is 6.52. The molecule has 104 valence electrons. The van der Waals surface area contributed by atoms with Crippen LogP contribution in [0.25, 0.3) is 0 Å². The number of hydrogen-bond donors (Lipinski definition) is 2. The van der Waals surface area contributed by atoms with Crippen molar-refractivity contribution in [2.24, 2.45) is 0 Å². The van der Waals surface area contributed by atoms with Crippen LogP contribution in [0.15, 0.2) is 42.5 Å². The number of amides is 1. The van der Waals surface area contributed by atoms with Crippen LogP contribution in [0.1, 0.15) is 22.8 Å². The largest absolute Gasteiger partial charge is 0.385 e. The summed E-state index contributed by atoms with van der Waals surface area (Å²) in [6, 6.07) is 13.6. The Hall–Kier alpha value is -1.56. The lowest BCUT2D eigenvalue weighted by atomic mass is 10.1. The molecule has 0 fully saturated rings. The summed E-state index contributed by atoms with van der Waals surface area (Å²) in [4.78, 5) is 12.5. The van der Waals surface area contributed by atoms with Gasteiger partial charge in [-0.15, -0.1) is 0 Å². The van der Waals surface area contributed by atoms with Gasteiger partial charge in [0.05, 0.1) is 11.3 Å². The number of carbonyl (C=O) groups excluding carboxylic acids is 1. The fraction of sp³-hybridized carbons (Fsp3) is 0.188. The van der Waals surface area contributed by atoms with Gasteiger partial charge in [0.15, 0.2) is 0 Å². The van der Waals surface area contributed by atoms with Crippen molar-refractivity contribution in [3.05, 3.63) is 57.2 Å². The molecule has 0 aliphatic rings. The molecule has 0 saturated heterocycles. The summed E-state index contributed by atoms with van der Waals surface area (Å²) in [6.45, 7) is 4.78. The van der Waals surface area contributed by atoms with E-state index in [0.29, 0.717) is 5.56 Å². The van der Waals surface area contributed by atoms with Gasteiger partial charge in [-0.1, -0.05) is 23.8 Å². The molecule has 0 aliphatic heterocycles. The highest BCUT2D eigenvalue weighted by Gasteiger charge is 2.12. The summed E-state index contributed by atoms with van der Waals surface area (Å²) in [7, 11) is 0. The molecule has 0 unspecified atom stereocenters. The van der Waals surface area contributed by atoms with Crippen LogP contribution in [0.5, 0.6) is 0 Å². The number of para-hydroxylation sites is 1. The quantitative estimate of drug-likeness (QED) is 0.778. The van der Waals surface area contributed by atoms with Crippen LogP contribution in [0.4, 0.5) is 11.4 Å². The summed E-state index contributed by atoms with van der Waals surface area (Å²) < 4.78 is 1.02. The predicted molar refractivity (Wildman–Crippen MR) is 92.5 cm³/mol. The number of anilines is 2. The van der Waals surface area contributed by atoms with Crippen molar-refractivity contribution in [3.8, 4) is 0 Å². The molecule has 0 heterocycles. The Bertz CT molecular complexity index is 626. The van der Waals surface area contributed by atoms with Crippen molar-refractivity contribution < 1.29 is 4.79 Å². The zero-order valence-electron chi connectivity index (χ0n) is 11.5. The lowest BCUT2D eigenvalue weighted by molar-refractivity contribution is 0.102. The highest BCUT2D eigenvalue weighted by molar-refractivity contribution is 14.1. The van der Waals surface area contributed by atoms with Gasteiger partial charge >= 0.3 is 0 Å². The van der Waals surface area contributed by atoms with Crippen LogP contribution in [0.3, 0.4) is 0 Å². The molecule has 0 spiro atoms. The van der Waals surface area contributed by atoms with Crippen molar-refractivity contribution in [2.75, 3.05) is 17.2 Å². The Labute approximate surface area is 132 Å². The third-order valence-electron chi connectivity index (χ3n) is 2.91. The summed E-state index contributed by atoms with van der Waals surface area (Å²) in [5, 5.41) is 6.19. The van der Waals surface area contributed by atoms with E-state index in [9.17, 15) is 4.79 Å². The number of hydrogen-bond acceptors (Lipinski definition) is 2. The van der Waals surface area contributed by atoms with Crippen molar-refractivity contribution >= 4 is 39.9 Å². The summed E-state index contributed by atoms with van der Waals surface area (Å²) in [5.74, 6) is -0.0891. The summed E-state index contributed by atoms with van der Waals surface area (Å²) >= 11 is 2.21. The molecular weight excluding hydrogens is 363 g/mol. The van der Waals surface area contributed by atoms with E-state index in [1.54, 1.807) is 0 Å². The second-order valence-corrected chi connectivity index (χ2v) is 5.68. The zero-order chi connectivity index (χ0) is 14.5. The van der Waals surface area contributed by atoms with E-state index in [2.05, 4.69) is 33.2 Å². The molecule has 2 N–H and O–H groups in total. The topological polar surface area (TPSA) is 41.1 Å². The van der Waals surface area contributed by atoms with E-state index in [-0.39, 0.29) is 5.91 Å². The Morgan fingerprint density at radius 2 is 1.90 bits per heavy atom. The van der Waals surface area contributed by atoms with Gasteiger partial charge in [0.1, 0.15) is 0 Å². The van der Waals surface area contributed by atoms with Gasteiger partial charge in [-0.3, -0.25) is 4.79 Å². The monoisotopic (exact) mass is 380 g/mol. The molecule has 4 heteroatoms. The molecule has 0 aliphatic carbocycles. The standard InChI is InChI=1S/C16H17IN2O/c1-3-18-14-9-8-11(2)10-12(14)16(20)19-15-7-5-4-6-13(15)17/h4-10,18H,3H2,1-2H3,(H,19,20). The Kier molecular flexibility index (Phi) is 5.00. The SMILES string of the molecule is CCNc1ccc(C)cc1C(=O)Nc1ccccc1I. The van der Waals surface area contributed by atoms with E-state index in [1.165, 1.54) is 0 Å². The van der Waals surface area contributed by atoms with Crippen LogP contribution < -0.4 is 10.6 Å². The van der Waals surface area contributed by atoms with Crippen molar-refractivity contribution in [2.45, 2.75) is 13.8 Å². The van der Waals surface area contributed by atoms with Gasteiger partial charge in [-0.25, -0.2) is 0 Å². The molecule has 0 bridgehead atoms. The highest BCUT2D eigenvalue weighted by atomic mass is 127. The van der Waals surface area contributed by atoms with Crippen molar-refractivity contribution in [3.63, 3.8) is 0 Å². The first kappa shape index (κ1) is 14.8. The maximum absolute atomic E-state index is 12.5. The molecular formula is C16H17IN2O. The lowest BCUT2D eigenvalue weighted by Crippen LogP contribution is -2.15. The fourth-order valence-corrected chi connectivity index (χ4v) is 2.47. The average Bonchev–Trinajstić information content (AvgIpc) is 2.43. The number of benzene rings is 2. The molecule has 0 radical (unpaired) electrons. The zero-order valence-corrected chi connectivity index (χ0v) is 13.7. The molecule has 0 aromatic heterocycles. The predicted octanol–water partition coefficient (Wildman–Crippen LogP) is 4.28. The molecule has 2 aromatic rings. The molecule has 0 atom stereocenters. The smallest absolute Gasteiger partial charge is 0.257 e. The third-order valence-corrected chi connectivity index (χ3v) is 3.85. The van der Waals surface area contributed by atoms with Gasteiger partial charge in [-0.05, 0) is 60.7 Å². The van der Waals surface area contributed by atoms with Gasteiger partial charge in [0, 0.05) is 15.8 Å². The number of nitrogens with one attached hydrogen (secondary N) is 2. The normalized spacial score (nSPS) is 10.2. The van der Waals surface area contributed by atoms with Crippen LogP contribution >= 0.6 is 22.6 Å². The van der Waals surface area contributed by atoms with E-state index in [4.69, 9.17) is 0 Å². The molecule has 3 nitrogen and oxygen atoms in total. The highest BCUT2D eigenvalue weighted by Crippen LogP contribution is 2.21. The van der Waals surface area contributed by atoms with Crippen molar-refractivity contribution in [1.29, 1.82) is 0 Å². The van der Waals surface area contributed by atoms with Gasteiger partial charge in [0.2, 0.25) is 0 Å². The van der Waals surface area contributed by atoms with E-state index in [0.717, 1.165) is 27.1 Å². The minimum atomic E-state index is -0.0891. The van der Waals surface area contributed by atoms with E-state index in [1.807, 2.05) is 56.3 Å². The second-order valence-electron chi connectivity index (χ2n) is 4.51.